The number of nitrogen functional groups attached to an aromatic ring is 1. The third-order valence-electron chi connectivity index (χ3n) is 2.71. The number of rotatable bonds is 4. The van der Waals surface area contributed by atoms with Crippen molar-refractivity contribution in [3.05, 3.63) is 35.9 Å². The second kappa shape index (κ2) is 6.04. The molecule has 110 valence electrons. The van der Waals surface area contributed by atoms with E-state index < -0.39 is 5.97 Å². The third-order valence-corrected chi connectivity index (χ3v) is 2.71. The SMILES string of the molecule is CCNC(=O)c1ccc(N)cc1-n1cnc(C(=O)OC)n1. The Morgan fingerprint density at radius 3 is 2.86 bits per heavy atom. The summed E-state index contributed by atoms with van der Waals surface area (Å²) in [7, 11) is 1.24. The number of hydrogen-bond acceptors (Lipinski definition) is 6. The van der Waals surface area contributed by atoms with Crippen LogP contribution in [0.1, 0.15) is 27.9 Å². The van der Waals surface area contributed by atoms with E-state index in [1.54, 1.807) is 18.2 Å². The summed E-state index contributed by atoms with van der Waals surface area (Å²) >= 11 is 0. The molecule has 0 aliphatic heterocycles. The zero-order valence-electron chi connectivity index (χ0n) is 11.7. The molecule has 1 aromatic carbocycles. The number of carbonyl (C=O) groups is 2. The molecule has 3 N–H and O–H groups in total. The Balaban J connectivity index is 2.47. The molecule has 2 aromatic rings. The molecule has 2 rings (SSSR count). The molecule has 1 heterocycles. The molecule has 0 spiro atoms. The smallest absolute Gasteiger partial charge is 0.377 e. The number of esters is 1. The van der Waals surface area contributed by atoms with Gasteiger partial charge in [-0.1, -0.05) is 0 Å². The van der Waals surface area contributed by atoms with Crippen LogP contribution in [-0.2, 0) is 4.74 Å². The summed E-state index contributed by atoms with van der Waals surface area (Å²) in [5.74, 6) is -1.01. The largest absolute Gasteiger partial charge is 0.463 e. The van der Waals surface area contributed by atoms with E-state index in [2.05, 4.69) is 20.1 Å². The summed E-state index contributed by atoms with van der Waals surface area (Å²) in [4.78, 5) is 27.3. The van der Waals surface area contributed by atoms with E-state index in [1.807, 2.05) is 6.92 Å². The van der Waals surface area contributed by atoms with Crippen LogP contribution in [0, 0.1) is 0 Å². The standard InChI is InChI=1S/C13H15N5O3/c1-3-15-12(19)9-5-4-8(14)6-10(9)18-7-16-11(17-18)13(20)21-2/h4-7H,3,14H2,1-2H3,(H,15,19). The van der Waals surface area contributed by atoms with Gasteiger partial charge in [0.1, 0.15) is 6.33 Å². The summed E-state index contributed by atoms with van der Waals surface area (Å²) in [6, 6.07) is 4.79. The first kappa shape index (κ1) is 14.5. The molecule has 0 fully saturated rings. The predicted octanol–water partition coefficient (Wildman–Crippen LogP) is 0.386. The van der Waals surface area contributed by atoms with E-state index >= 15 is 0 Å². The molecule has 0 saturated heterocycles. The van der Waals surface area contributed by atoms with Gasteiger partial charge in [-0.3, -0.25) is 4.79 Å². The highest BCUT2D eigenvalue weighted by atomic mass is 16.5. The monoisotopic (exact) mass is 289 g/mol. The van der Waals surface area contributed by atoms with Crippen LogP contribution < -0.4 is 11.1 Å². The van der Waals surface area contributed by atoms with Crippen LogP contribution in [0.3, 0.4) is 0 Å². The number of amides is 1. The average molecular weight is 289 g/mol. The van der Waals surface area contributed by atoms with Gasteiger partial charge in [-0.2, -0.15) is 0 Å². The topological polar surface area (TPSA) is 112 Å². The van der Waals surface area contributed by atoms with Crippen molar-refractivity contribution in [3.63, 3.8) is 0 Å². The van der Waals surface area contributed by atoms with Crippen molar-refractivity contribution in [1.82, 2.24) is 20.1 Å². The average Bonchev–Trinajstić information content (AvgIpc) is 2.96. The van der Waals surface area contributed by atoms with Gasteiger partial charge in [0.15, 0.2) is 0 Å². The maximum absolute atomic E-state index is 12.0. The van der Waals surface area contributed by atoms with Crippen molar-refractivity contribution in [2.75, 3.05) is 19.4 Å². The van der Waals surface area contributed by atoms with Crippen molar-refractivity contribution in [1.29, 1.82) is 0 Å². The maximum Gasteiger partial charge on any atom is 0.377 e. The molecule has 8 heteroatoms. The van der Waals surface area contributed by atoms with Gasteiger partial charge in [-0.25, -0.2) is 14.5 Å². The molecule has 1 aromatic heterocycles. The molecule has 0 bridgehead atoms. The molecule has 1 amide bonds. The highest BCUT2D eigenvalue weighted by Gasteiger charge is 2.17. The van der Waals surface area contributed by atoms with E-state index in [4.69, 9.17) is 5.73 Å². The van der Waals surface area contributed by atoms with Crippen LogP contribution in [0.15, 0.2) is 24.5 Å². The Bertz CT molecular complexity index is 680. The fraction of sp³-hybridized carbons (Fsp3) is 0.231. The van der Waals surface area contributed by atoms with Gasteiger partial charge >= 0.3 is 5.97 Å². The van der Waals surface area contributed by atoms with Gasteiger partial charge in [0.25, 0.3) is 11.7 Å². The first-order valence-corrected chi connectivity index (χ1v) is 6.25. The van der Waals surface area contributed by atoms with Gasteiger partial charge in [0.2, 0.25) is 0 Å². The number of benzene rings is 1. The number of ether oxygens (including phenoxy) is 1. The van der Waals surface area contributed by atoms with Crippen LogP contribution >= 0.6 is 0 Å². The minimum absolute atomic E-state index is 0.0956. The van der Waals surface area contributed by atoms with Gasteiger partial charge in [0.05, 0.1) is 18.4 Å². The molecule has 21 heavy (non-hydrogen) atoms. The lowest BCUT2D eigenvalue weighted by molar-refractivity contribution is 0.0587. The van der Waals surface area contributed by atoms with Crippen LogP contribution in [0.2, 0.25) is 0 Å². The Labute approximate surface area is 120 Å². The molecule has 0 saturated carbocycles. The number of hydrogen-bond donors (Lipinski definition) is 2. The van der Waals surface area contributed by atoms with Crippen molar-refractivity contribution >= 4 is 17.6 Å². The first-order valence-electron chi connectivity index (χ1n) is 6.25. The minimum atomic E-state index is -0.655. The molecular formula is C13H15N5O3. The highest BCUT2D eigenvalue weighted by Crippen LogP contribution is 2.17. The van der Waals surface area contributed by atoms with Gasteiger partial charge in [-0.05, 0) is 25.1 Å². The summed E-state index contributed by atoms with van der Waals surface area (Å²) in [5, 5.41) is 6.69. The lowest BCUT2D eigenvalue weighted by Gasteiger charge is -2.09. The Morgan fingerprint density at radius 2 is 2.19 bits per heavy atom. The summed E-state index contributed by atoms with van der Waals surface area (Å²) in [6.45, 7) is 2.31. The fourth-order valence-corrected chi connectivity index (χ4v) is 1.75. The van der Waals surface area contributed by atoms with Crippen LogP contribution in [-0.4, -0.2) is 40.3 Å². The summed E-state index contributed by atoms with van der Waals surface area (Å²) in [6.07, 6.45) is 1.32. The predicted molar refractivity (Wildman–Crippen MR) is 75.1 cm³/mol. The second-order valence-corrected chi connectivity index (χ2v) is 4.14. The lowest BCUT2D eigenvalue weighted by atomic mass is 10.1. The molecular weight excluding hydrogens is 274 g/mol. The summed E-state index contributed by atoms with van der Waals surface area (Å²) in [5.41, 5.74) is 7.03. The number of nitrogens with two attached hydrogens (primary N) is 1. The van der Waals surface area contributed by atoms with Crippen molar-refractivity contribution in [2.45, 2.75) is 6.92 Å². The fourth-order valence-electron chi connectivity index (χ4n) is 1.75. The van der Waals surface area contributed by atoms with Gasteiger partial charge < -0.3 is 15.8 Å². The van der Waals surface area contributed by atoms with Crippen LogP contribution in [0.4, 0.5) is 5.69 Å². The molecule has 8 nitrogen and oxygen atoms in total. The molecule has 0 aliphatic rings. The third kappa shape index (κ3) is 2.99. The highest BCUT2D eigenvalue weighted by molar-refractivity contribution is 5.98. The van der Waals surface area contributed by atoms with Crippen LogP contribution in [0.25, 0.3) is 5.69 Å². The normalized spacial score (nSPS) is 10.2. The van der Waals surface area contributed by atoms with Gasteiger partial charge in [-0.15, -0.1) is 5.10 Å². The van der Waals surface area contributed by atoms with Crippen LogP contribution in [0.5, 0.6) is 0 Å². The number of nitrogens with one attached hydrogen (secondary N) is 1. The molecule has 0 radical (unpaired) electrons. The maximum atomic E-state index is 12.0. The zero-order valence-corrected chi connectivity index (χ0v) is 11.7. The Hall–Kier alpha value is -2.90. The molecule has 0 atom stereocenters. The van der Waals surface area contributed by atoms with E-state index in [1.165, 1.54) is 18.1 Å². The van der Waals surface area contributed by atoms with E-state index in [9.17, 15) is 9.59 Å². The number of methoxy groups -OCH3 is 1. The number of aromatic nitrogens is 3. The second-order valence-electron chi connectivity index (χ2n) is 4.14. The molecule has 0 aliphatic carbocycles. The Kier molecular flexibility index (Phi) is 4.17. The quantitative estimate of drug-likeness (QED) is 0.622. The van der Waals surface area contributed by atoms with E-state index in [0.717, 1.165) is 0 Å². The molecule has 0 unspecified atom stereocenters. The zero-order chi connectivity index (χ0) is 15.4. The first-order chi connectivity index (χ1) is 10.1. The van der Waals surface area contributed by atoms with Crippen molar-refractivity contribution < 1.29 is 14.3 Å². The number of anilines is 1. The summed E-state index contributed by atoms with van der Waals surface area (Å²) < 4.78 is 5.86. The van der Waals surface area contributed by atoms with Gasteiger partial charge in [0, 0.05) is 12.2 Å². The number of nitrogens with zero attached hydrogens (tertiary/aromatic N) is 3. The van der Waals surface area contributed by atoms with Crippen molar-refractivity contribution in [3.8, 4) is 5.69 Å². The van der Waals surface area contributed by atoms with E-state index in [0.29, 0.717) is 23.5 Å². The van der Waals surface area contributed by atoms with Crippen molar-refractivity contribution in [2.24, 2.45) is 0 Å². The van der Waals surface area contributed by atoms with E-state index in [-0.39, 0.29) is 11.7 Å². The minimum Gasteiger partial charge on any atom is -0.463 e. The Morgan fingerprint density at radius 1 is 1.43 bits per heavy atom. The number of carbonyl (C=O) groups excluding carboxylic acids is 2. The lowest BCUT2D eigenvalue weighted by Crippen LogP contribution is -2.24.